The number of rotatable bonds is 13. The first-order valence-electron chi connectivity index (χ1n) is 13.4. The number of nitrogens with one attached hydrogen (secondary N) is 1. The number of benzene rings is 2. The molecule has 2 heterocycles. The molecule has 4 N–H and O–H groups in total. The van der Waals surface area contributed by atoms with Crippen molar-refractivity contribution in [3.8, 4) is 0 Å². The number of aliphatic hydroxyl groups excluding tert-OH is 1. The standard InChI is InChI=1S/C29H38N6O3/c1-3-15-35-28(37)26-27(34(29(35)38)16-12-22-6-5-7-24(30)19-22)32-25(33(26)17-14-31-4-2)20-23-10-8-21(9-11-23)13-18-36/h5-11,19,31,36H,3-4,12-18,20,30H2,1-2H3. The summed E-state index contributed by atoms with van der Waals surface area (Å²) >= 11 is 0. The molecule has 0 bridgehead atoms. The van der Waals surface area contributed by atoms with Crippen LogP contribution in [0.4, 0.5) is 5.69 Å². The topological polar surface area (TPSA) is 120 Å². The Balaban J connectivity index is 1.83. The Morgan fingerprint density at radius 1 is 0.895 bits per heavy atom. The fourth-order valence-corrected chi connectivity index (χ4v) is 4.83. The average Bonchev–Trinajstić information content (AvgIpc) is 3.26. The predicted molar refractivity (Wildman–Crippen MR) is 152 cm³/mol. The fourth-order valence-electron chi connectivity index (χ4n) is 4.83. The Labute approximate surface area is 222 Å². The van der Waals surface area contributed by atoms with E-state index in [1.54, 1.807) is 4.57 Å². The number of likely N-dealkylation sites (N-methyl/N-ethyl adjacent to an activating group) is 1. The van der Waals surface area contributed by atoms with Crippen molar-refractivity contribution in [1.82, 2.24) is 24.0 Å². The van der Waals surface area contributed by atoms with Crippen molar-refractivity contribution in [2.45, 2.75) is 59.2 Å². The van der Waals surface area contributed by atoms with Crippen LogP contribution in [-0.4, -0.2) is 43.5 Å². The Morgan fingerprint density at radius 2 is 1.66 bits per heavy atom. The third kappa shape index (κ3) is 6.06. The number of aryl methyl sites for hydroxylation is 2. The first kappa shape index (κ1) is 27.3. The third-order valence-corrected chi connectivity index (χ3v) is 6.76. The molecule has 0 fully saturated rings. The molecule has 4 aromatic rings. The second-order valence-corrected chi connectivity index (χ2v) is 9.56. The van der Waals surface area contributed by atoms with E-state index in [0.717, 1.165) is 29.1 Å². The van der Waals surface area contributed by atoms with Crippen LogP contribution in [0.5, 0.6) is 0 Å². The lowest BCUT2D eigenvalue weighted by Crippen LogP contribution is -2.41. The summed E-state index contributed by atoms with van der Waals surface area (Å²) in [6.07, 6.45) is 2.40. The molecule has 0 saturated carbocycles. The van der Waals surface area contributed by atoms with Gasteiger partial charge in [0.1, 0.15) is 5.82 Å². The van der Waals surface area contributed by atoms with Crippen molar-refractivity contribution in [1.29, 1.82) is 0 Å². The second-order valence-electron chi connectivity index (χ2n) is 9.56. The van der Waals surface area contributed by atoms with Crippen molar-refractivity contribution in [2.24, 2.45) is 0 Å². The molecule has 0 aliphatic carbocycles. The first-order valence-corrected chi connectivity index (χ1v) is 13.4. The molecule has 0 unspecified atom stereocenters. The maximum Gasteiger partial charge on any atom is 0.332 e. The van der Waals surface area contributed by atoms with E-state index in [9.17, 15) is 14.7 Å². The van der Waals surface area contributed by atoms with Gasteiger partial charge < -0.3 is 20.7 Å². The van der Waals surface area contributed by atoms with Crippen molar-refractivity contribution >= 4 is 16.9 Å². The smallest absolute Gasteiger partial charge is 0.332 e. The minimum atomic E-state index is -0.329. The molecule has 0 radical (unpaired) electrons. The third-order valence-electron chi connectivity index (χ3n) is 6.76. The zero-order valence-corrected chi connectivity index (χ0v) is 22.3. The lowest BCUT2D eigenvalue weighted by Gasteiger charge is -2.13. The maximum absolute atomic E-state index is 13.7. The van der Waals surface area contributed by atoms with Crippen LogP contribution in [-0.2, 0) is 38.9 Å². The molecule has 9 nitrogen and oxygen atoms in total. The number of hydrogen-bond acceptors (Lipinski definition) is 6. The summed E-state index contributed by atoms with van der Waals surface area (Å²) in [5.74, 6) is 0.747. The molecule has 0 aliphatic heterocycles. The van der Waals surface area contributed by atoms with Crippen molar-refractivity contribution in [2.75, 3.05) is 25.4 Å². The van der Waals surface area contributed by atoms with Crippen LogP contribution in [0.25, 0.3) is 11.2 Å². The Hall–Kier alpha value is -3.69. The molecule has 0 amide bonds. The number of nitrogens with zero attached hydrogens (tertiary/aromatic N) is 4. The van der Waals surface area contributed by atoms with Gasteiger partial charge in [-0.3, -0.25) is 13.9 Å². The number of nitrogen functional groups attached to an aromatic ring is 1. The van der Waals surface area contributed by atoms with Crippen LogP contribution in [0.2, 0.25) is 0 Å². The Kier molecular flexibility index (Phi) is 9.15. The highest BCUT2D eigenvalue weighted by Crippen LogP contribution is 2.17. The summed E-state index contributed by atoms with van der Waals surface area (Å²) in [5.41, 5.74) is 10.1. The molecule has 0 spiro atoms. The maximum atomic E-state index is 13.7. The molecular formula is C29H38N6O3. The fraction of sp³-hybridized carbons (Fsp3) is 0.414. The summed E-state index contributed by atoms with van der Waals surface area (Å²) in [4.78, 5) is 32.1. The molecule has 38 heavy (non-hydrogen) atoms. The number of imidazole rings is 1. The van der Waals surface area contributed by atoms with E-state index >= 15 is 0 Å². The van der Waals surface area contributed by atoms with Crippen molar-refractivity contribution in [3.05, 3.63) is 91.9 Å². The number of nitrogens with two attached hydrogens (primary N) is 1. The SMILES string of the molecule is CCCn1c(=O)c2c(nc(Cc3ccc(CCO)cc3)n2CCNCC)n(CCc2cccc(N)c2)c1=O. The van der Waals surface area contributed by atoms with E-state index in [2.05, 4.69) is 5.32 Å². The lowest BCUT2D eigenvalue weighted by molar-refractivity contribution is 0.299. The molecule has 0 atom stereocenters. The van der Waals surface area contributed by atoms with E-state index in [1.165, 1.54) is 4.57 Å². The second kappa shape index (κ2) is 12.7. The van der Waals surface area contributed by atoms with Gasteiger partial charge >= 0.3 is 5.69 Å². The van der Waals surface area contributed by atoms with E-state index in [1.807, 2.05) is 66.9 Å². The van der Waals surface area contributed by atoms with Crippen LogP contribution < -0.4 is 22.3 Å². The van der Waals surface area contributed by atoms with Gasteiger partial charge in [0.25, 0.3) is 5.56 Å². The normalized spacial score (nSPS) is 11.4. The Bertz CT molecular complexity index is 1480. The molecule has 0 aliphatic rings. The minimum absolute atomic E-state index is 0.108. The highest BCUT2D eigenvalue weighted by Gasteiger charge is 2.21. The molecule has 9 heteroatoms. The van der Waals surface area contributed by atoms with E-state index < -0.39 is 0 Å². The number of aromatic nitrogens is 4. The zero-order valence-electron chi connectivity index (χ0n) is 22.3. The van der Waals surface area contributed by atoms with E-state index in [0.29, 0.717) is 68.7 Å². The van der Waals surface area contributed by atoms with Crippen LogP contribution in [0, 0.1) is 0 Å². The number of aliphatic hydroxyl groups is 1. The van der Waals surface area contributed by atoms with Gasteiger partial charge in [-0.15, -0.1) is 0 Å². The van der Waals surface area contributed by atoms with Gasteiger partial charge in [0.15, 0.2) is 11.2 Å². The molecule has 2 aromatic carbocycles. The van der Waals surface area contributed by atoms with E-state index in [4.69, 9.17) is 10.7 Å². The van der Waals surface area contributed by atoms with Crippen LogP contribution in [0.15, 0.2) is 58.1 Å². The quantitative estimate of drug-likeness (QED) is 0.185. The van der Waals surface area contributed by atoms with Gasteiger partial charge in [0.2, 0.25) is 0 Å². The highest BCUT2D eigenvalue weighted by atomic mass is 16.3. The van der Waals surface area contributed by atoms with Gasteiger partial charge in [0, 0.05) is 44.9 Å². The minimum Gasteiger partial charge on any atom is -0.399 e. The summed E-state index contributed by atoms with van der Waals surface area (Å²) in [5, 5.41) is 12.6. The van der Waals surface area contributed by atoms with Gasteiger partial charge in [-0.2, -0.15) is 0 Å². The summed E-state index contributed by atoms with van der Waals surface area (Å²) in [6.45, 7) is 6.92. The number of anilines is 1. The summed E-state index contributed by atoms with van der Waals surface area (Å²) in [7, 11) is 0. The van der Waals surface area contributed by atoms with Crippen LogP contribution in [0.1, 0.15) is 42.8 Å². The highest BCUT2D eigenvalue weighted by molar-refractivity contribution is 5.71. The van der Waals surface area contributed by atoms with Gasteiger partial charge in [-0.25, -0.2) is 9.78 Å². The molecule has 0 saturated heterocycles. The monoisotopic (exact) mass is 518 g/mol. The summed E-state index contributed by atoms with van der Waals surface area (Å²) in [6, 6.07) is 15.7. The lowest BCUT2D eigenvalue weighted by atomic mass is 10.1. The van der Waals surface area contributed by atoms with Gasteiger partial charge in [-0.05, 0) is 54.6 Å². The van der Waals surface area contributed by atoms with Crippen molar-refractivity contribution < 1.29 is 5.11 Å². The number of hydrogen-bond donors (Lipinski definition) is 3. The first-order chi connectivity index (χ1) is 18.5. The molecule has 4 rings (SSSR count). The molecule has 202 valence electrons. The van der Waals surface area contributed by atoms with E-state index in [-0.39, 0.29) is 17.9 Å². The summed E-state index contributed by atoms with van der Waals surface area (Å²) < 4.78 is 4.97. The van der Waals surface area contributed by atoms with Crippen LogP contribution >= 0.6 is 0 Å². The van der Waals surface area contributed by atoms with Crippen molar-refractivity contribution in [3.63, 3.8) is 0 Å². The Morgan fingerprint density at radius 3 is 2.34 bits per heavy atom. The molecule has 2 aromatic heterocycles. The van der Waals surface area contributed by atoms with Crippen LogP contribution in [0.3, 0.4) is 0 Å². The van der Waals surface area contributed by atoms with Gasteiger partial charge in [-0.1, -0.05) is 50.2 Å². The average molecular weight is 519 g/mol. The van der Waals surface area contributed by atoms with Gasteiger partial charge in [0.05, 0.1) is 0 Å². The largest absolute Gasteiger partial charge is 0.399 e. The number of fused-ring (bicyclic) bond motifs is 1. The zero-order chi connectivity index (χ0) is 27.1. The molecular weight excluding hydrogens is 480 g/mol. The predicted octanol–water partition coefficient (Wildman–Crippen LogP) is 2.33.